The van der Waals surface area contributed by atoms with E-state index in [2.05, 4.69) is 17.3 Å². The number of likely N-dealkylation sites (N-methyl/N-ethyl adjacent to an activating group) is 1. The predicted molar refractivity (Wildman–Crippen MR) is 120 cm³/mol. The third kappa shape index (κ3) is 2.80. The number of carbonyl (C=O) groups excluding carboxylic acids is 1. The smallest absolute Gasteiger partial charge is 0.323 e. The first kappa shape index (κ1) is 22.0. The van der Waals surface area contributed by atoms with Crippen molar-refractivity contribution in [1.82, 2.24) is 10.2 Å². The van der Waals surface area contributed by atoms with E-state index in [0.717, 1.165) is 37.8 Å². The summed E-state index contributed by atoms with van der Waals surface area (Å²) in [5.74, 6) is 0.534. The van der Waals surface area contributed by atoms with Gasteiger partial charge in [-0.05, 0) is 78.6 Å². The quantitative estimate of drug-likeness (QED) is 0.691. The molecular weight excluding hydrogens is 408 g/mol. The molecule has 1 aromatic carbocycles. The molecule has 2 fully saturated rings. The SMILES string of the molecule is CO[C@@]12CC[C@@H](N[C@@H](C)C(=O)OC(C)(C)C)[C@@H]3Oc4c(O)ccc5c4[C@@]31CCN(C)C2C5. The van der Waals surface area contributed by atoms with Crippen LogP contribution in [0, 0.1) is 0 Å². The zero-order valence-corrected chi connectivity index (χ0v) is 20.0. The van der Waals surface area contributed by atoms with Gasteiger partial charge in [-0.25, -0.2) is 0 Å². The lowest BCUT2D eigenvalue weighted by atomic mass is 9.48. The molecule has 1 saturated carbocycles. The number of methoxy groups -OCH3 is 1. The largest absolute Gasteiger partial charge is 0.504 e. The summed E-state index contributed by atoms with van der Waals surface area (Å²) in [6.45, 7) is 8.44. The van der Waals surface area contributed by atoms with Crippen LogP contribution < -0.4 is 10.1 Å². The molecule has 2 aliphatic heterocycles. The Kier molecular flexibility index (Phi) is 4.87. The number of ether oxygens (including phenoxy) is 3. The van der Waals surface area contributed by atoms with Gasteiger partial charge in [0.15, 0.2) is 11.5 Å². The third-order valence-corrected chi connectivity index (χ3v) is 8.28. The minimum Gasteiger partial charge on any atom is -0.504 e. The molecule has 6 atom stereocenters. The Labute approximate surface area is 190 Å². The first-order valence-corrected chi connectivity index (χ1v) is 11.8. The van der Waals surface area contributed by atoms with Crippen molar-refractivity contribution < 1.29 is 24.1 Å². The summed E-state index contributed by atoms with van der Waals surface area (Å²) in [5.41, 5.74) is 1.10. The number of phenols is 1. The van der Waals surface area contributed by atoms with Crippen molar-refractivity contribution in [3.63, 3.8) is 0 Å². The standard InChI is InChI=1S/C25H36N2O5/c1-14(22(29)32-23(2,3)4)26-16-9-10-25(30-6)18-13-15-7-8-17(28)20-19(15)24(25,21(16)31-20)11-12-27(18)5/h7-8,14,16,18,21,26,28H,9-13H2,1-6H3/t14-,16+,18?,21-,24-,25+/m0/s1. The highest BCUT2D eigenvalue weighted by Crippen LogP contribution is 2.66. The second kappa shape index (κ2) is 7.08. The minimum absolute atomic E-state index is 0.0531. The molecule has 1 saturated heterocycles. The Morgan fingerprint density at radius 2 is 2.09 bits per heavy atom. The fourth-order valence-electron chi connectivity index (χ4n) is 7.09. The van der Waals surface area contributed by atoms with Crippen molar-refractivity contribution in [1.29, 1.82) is 0 Å². The van der Waals surface area contributed by atoms with E-state index in [0.29, 0.717) is 5.75 Å². The summed E-state index contributed by atoms with van der Waals surface area (Å²) in [4.78, 5) is 15.1. The maximum absolute atomic E-state index is 12.7. The van der Waals surface area contributed by atoms with Gasteiger partial charge in [-0.3, -0.25) is 10.1 Å². The van der Waals surface area contributed by atoms with Crippen molar-refractivity contribution in [3.05, 3.63) is 23.3 Å². The van der Waals surface area contributed by atoms with Crippen LogP contribution in [0.3, 0.4) is 0 Å². The topological polar surface area (TPSA) is 80.3 Å². The Bertz CT molecular complexity index is 943. The van der Waals surface area contributed by atoms with E-state index in [4.69, 9.17) is 14.2 Å². The molecule has 2 aliphatic carbocycles. The maximum Gasteiger partial charge on any atom is 0.323 e. The number of esters is 1. The molecule has 0 aromatic heterocycles. The Morgan fingerprint density at radius 3 is 2.78 bits per heavy atom. The van der Waals surface area contributed by atoms with Gasteiger partial charge in [-0.1, -0.05) is 6.07 Å². The van der Waals surface area contributed by atoms with Gasteiger partial charge in [-0.2, -0.15) is 0 Å². The molecule has 7 heteroatoms. The number of nitrogens with zero attached hydrogens (tertiary/aromatic N) is 1. The highest BCUT2D eigenvalue weighted by atomic mass is 16.6. The molecule has 4 aliphatic rings. The monoisotopic (exact) mass is 444 g/mol. The van der Waals surface area contributed by atoms with Crippen LogP contribution in [0.15, 0.2) is 12.1 Å². The van der Waals surface area contributed by atoms with Gasteiger partial charge in [0.05, 0.1) is 11.0 Å². The number of piperidine rings is 1. The number of benzene rings is 1. The number of rotatable bonds is 4. The van der Waals surface area contributed by atoms with E-state index >= 15 is 0 Å². The fraction of sp³-hybridized carbons (Fsp3) is 0.720. The van der Waals surface area contributed by atoms with Crippen molar-refractivity contribution >= 4 is 5.97 Å². The molecule has 5 rings (SSSR count). The second-order valence-corrected chi connectivity index (χ2v) is 11.1. The molecule has 1 unspecified atom stereocenters. The molecular formula is C25H36N2O5. The van der Waals surface area contributed by atoms with Gasteiger partial charge < -0.3 is 24.2 Å². The number of phenolic OH excluding ortho intramolecular Hbond substituents is 1. The maximum atomic E-state index is 12.7. The van der Waals surface area contributed by atoms with Crippen LogP contribution in [-0.4, -0.2) is 72.1 Å². The Hall–Kier alpha value is -1.83. The first-order valence-electron chi connectivity index (χ1n) is 11.8. The van der Waals surface area contributed by atoms with Gasteiger partial charge in [0.25, 0.3) is 0 Å². The normalized spacial score (nSPS) is 36.2. The van der Waals surface area contributed by atoms with Crippen molar-refractivity contribution in [2.75, 3.05) is 20.7 Å². The van der Waals surface area contributed by atoms with Gasteiger partial charge in [-0.15, -0.1) is 0 Å². The second-order valence-electron chi connectivity index (χ2n) is 11.1. The summed E-state index contributed by atoms with van der Waals surface area (Å²) >= 11 is 0. The van der Waals surface area contributed by atoms with Crippen LogP contribution in [0.5, 0.6) is 11.5 Å². The summed E-state index contributed by atoms with van der Waals surface area (Å²) in [6.07, 6.45) is 3.24. The van der Waals surface area contributed by atoms with Crippen LogP contribution in [0.1, 0.15) is 58.1 Å². The summed E-state index contributed by atoms with van der Waals surface area (Å²) in [7, 11) is 4.01. The van der Waals surface area contributed by atoms with Gasteiger partial charge in [0.2, 0.25) is 0 Å². The number of hydrogen-bond donors (Lipinski definition) is 2. The summed E-state index contributed by atoms with van der Waals surface area (Å²) in [5, 5.41) is 14.3. The molecule has 0 amide bonds. The van der Waals surface area contributed by atoms with E-state index in [1.807, 2.05) is 40.9 Å². The van der Waals surface area contributed by atoms with Crippen molar-refractivity contribution in [2.24, 2.45) is 0 Å². The van der Waals surface area contributed by atoms with E-state index in [1.54, 1.807) is 6.07 Å². The van der Waals surface area contributed by atoms with Crippen LogP contribution in [0.4, 0.5) is 0 Å². The van der Waals surface area contributed by atoms with Crippen LogP contribution in [0.2, 0.25) is 0 Å². The molecule has 7 nitrogen and oxygen atoms in total. The Balaban J connectivity index is 1.56. The molecule has 2 N–H and O–H groups in total. The lowest BCUT2D eigenvalue weighted by Crippen LogP contribution is -2.78. The molecule has 0 radical (unpaired) electrons. The molecule has 2 bridgehead atoms. The molecule has 1 spiro atoms. The molecule has 176 valence electrons. The number of nitrogens with one attached hydrogen (secondary N) is 1. The summed E-state index contributed by atoms with van der Waals surface area (Å²) in [6, 6.07) is 3.54. The molecule has 1 aromatic rings. The number of likely N-dealkylation sites (tertiary alicyclic amines) is 1. The summed E-state index contributed by atoms with van der Waals surface area (Å²) < 4.78 is 18.7. The predicted octanol–water partition coefficient (Wildman–Crippen LogP) is 2.52. The van der Waals surface area contributed by atoms with E-state index in [1.165, 1.54) is 5.56 Å². The van der Waals surface area contributed by atoms with E-state index < -0.39 is 11.6 Å². The first-order chi connectivity index (χ1) is 15.0. The number of aromatic hydroxyl groups is 1. The zero-order valence-electron chi connectivity index (χ0n) is 20.0. The van der Waals surface area contributed by atoms with Crippen LogP contribution >= 0.6 is 0 Å². The zero-order chi connectivity index (χ0) is 23.1. The Morgan fingerprint density at radius 1 is 1.34 bits per heavy atom. The van der Waals surface area contributed by atoms with Crippen LogP contribution in [-0.2, 0) is 26.1 Å². The lowest BCUT2D eigenvalue weighted by Gasteiger charge is -2.65. The van der Waals surface area contributed by atoms with Crippen molar-refractivity contribution in [2.45, 2.75) is 94.2 Å². The highest BCUT2D eigenvalue weighted by molar-refractivity contribution is 5.75. The molecule has 2 heterocycles. The number of hydrogen-bond acceptors (Lipinski definition) is 7. The number of carbonyl (C=O) groups is 1. The lowest BCUT2D eigenvalue weighted by molar-refractivity contribution is -0.204. The third-order valence-electron chi connectivity index (χ3n) is 8.28. The highest BCUT2D eigenvalue weighted by Gasteiger charge is 2.73. The van der Waals surface area contributed by atoms with Crippen LogP contribution in [0.25, 0.3) is 0 Å². The molecule has 32 heavy (non-hydrogen) atoms. The average Bonchev–Trinajstić information content (AvgIpc) is 3.08. The van der Waals surface area contributed by atoms with Gasteiger partial charge >= 0.3 is 5.97 Å². The van der Waals surface area contributed by atoms with Gasteiger partial charge in [0.1, 0.15) is 17.7 Å². The minimum atomic E-state index is -0.533. The van der Waals surface area contributed by atoms with Gasteiger partial charge in [0, 0.05) is 24.8 Å². The van der Waals surface area contributed by atoms with E-state index in [9.17, 15) is 9.90 Å². The fourth-order valence-corrected chi connectivity index (χ4v) is 7.09. The van der Waals surface area contributed by atoms with E-state index in [-0.39, 0.29) is 40.9 Å². The average molecular weight is 445 g/mol. The van der Waals surface area contributed by atoms with Crippen molar-refractivity contribution in [3.8, 4) is 11.5 Å².